The highest BCUT2D eigenvalue weighted by atomic mass is 35.5. The van der Waals surface area contributed by atoms with Crippen molar-refractivity contribution in [1.82, 2.24) is 9.55 Å². The highest BCUT2D eigenvalue weighted by molar-refractivity contribution is 6.17. The lowest BCUT2D eigenvalue weighted by molar-refractivity contribution is 0.808. The fourth-order valence-corrected chi connectivity index (χ4v) is 2.09. The summed E-state index contributed by atoms with van der Waals surface area (Å²) in [7, 11) is 0. The Labute approximate surface area is 112 Å². The molecular formula is C14H14ClN3. The van der Waals surface area contributed by atoms with Gasteiger partial charge in [-0.3, -0.25) is 0 Å². The summed E-state index contributed by atoms with van der Waals surface area (Å²) < 4.78 is 1.97. The largest absolute Gasteiger partial charge is 0.302 e. The van der Waals surface area contributed by atoms with E-state index in [-0.39, 0.29) is 0 Å². The average molecular weight is 260 g/mol. The van der Waals surface area contributed by atoms with Crippen LogP contribution in [0.4, 0.5) is 0 Å². The quantitative estimate of drug-likeness (QED) is 0.790. The molecule has 0 radical (unpaired) electrons. The second-order valence-corrected chi connectivity index (χ2v) is 4.33. The Morgan fingerprint density at radius 3 is 2.94 bits per heavy atom. The van der Waals surface area contributed by atoms with Crippen molar-refractivity contribution in [3.05, 3.63) is 47.5 Å². The van der Waals surface area contributed by atoms with Gasteiger partial charge in [0.25, 0.3) is 0 Å². The van der Waals surface area contributed by atoms with Crippen LogP contribution in [0.25, 0.3) is 5.69 Å². The first-order valence-corrected chi connectivity index (χ1v) is 6.45. The molecule has 0 atom stereocenters. The average Bonchev–Trinajstić information content (AvgIpc) is 2.86. The molecule has 2 aromatic rings. The molecule has 0 amide bonds. The van der Waals surface area contributed by atoms with E-state index in [0.717, 1.165) is 29.9 Å². The molecule has 1 aromatic carbocycles. The van der Waals surface area contributed by atoms with Crippen molar-refractivity contribution in [3.8, 4) is 11.8 Å². The molecule has 0 spiro atoms. The molecular weight excluding hydrogens is 246 g/mol. The smallest absolute Gasteiger partial charge is 0.113 e. The molecule has 0 bridgehead atoms. The minimum atomic E-state index is 0.417. The summed E-state index contributed by atoms with van der Waals surface area (Å²) in [5.41, 5.74) is 2.45. The Hall–Kier alpha value is -1.79. The highest BCUT2D eigenvalue weighted by Gasteiger charge is 2.09. The number of aryl methyl sites for hydroxylation is 1. The molecule has 4 heteroatoms. The van der Waals surface area contributed by atoms with E-state index < -0.39 is 0 Å². The standard InChI is InChI=1S/C14H14ClN3/c1-2-3-14-17-6-7-18(14)13-5-4-11(9-15)8-12(13)10-16/h4-8H,2-3,9H2,1H3. The highest BCUT2D eigenvalue weighted by Crippen LogP contribution is 2.19. The van der Waals surface area contributed by atoms with Gasteiger partial charge in [-0.2, -0.15) is 5.26 Å². The number of hydrogen-bond acceptors (Lipinski definition) is 2. The first-order valence-electron chi connectivity index (χ1n) is 5.91. The molecule has 0 aliphatic carbocycles. The molecule has 0 fully saturated rings. The van der Waals surface area contributed by atoms with Crippen molar-refractivity contribution < 1.29 is 0 Å². The van der Waals surface area contributed by atoms with Crippen molar-refractivity contribution in [1.29, 1.82) is 5.26 Å². The Bertz CT molecular complexity index is 581. The number of nitriles is 1. The van der Waals surface area contributed by atoms with E-state index in [0.29, 0.717) is 11.4 Å². The lowest BCUT2D eigenvalue weighted by Crippen LogP contribution is -2.03. The van der Waals surface area contributed by atoms with Gasteiger partial charge in [-0.1, -0.05) is 13.0 Å². The molecule has 0 saturated carbocycles. The maximum absolute atomic E-state index is 9.23. The molecule has 1 heterocycles. The third-order valence-corrected chi connectivity index (χ3v) is 3.09. The van der Waals surface area contributed by atoms with E-state index in [1.54, 1.807) is 6.20 Å². The minimum Gasteiger partial charge on any atom is -0.302 e. The molecule has 1 aromatic heterocycles. The van der Waals surface area contributed by atoms with E-state index in [1.807, 2.05) is 29.0 Å². The normalized spacial score (nSPS) is 10.3. The molecule has 3 nitrogen and oxygen atoms in total. The van der Waals surface area contributed by atoms with E-state index in [2.05, 4.69) is 18.0 Å². The first kappa shape index (κ1) is 12.7. The van der Waals surface area contributed by atoms with Crippen molar-refractivity contribution >= 4 is 11.6 Å². The summed E-state index contributed by atoms with van der Waals surface area (Å²) in [5, 5.41) is 9.23. The number of benzene rings is 1. The summed E-state index contributed by atoms with van der Waals surface area (Å²) in [6.45, 7) is 2.11. The van der Waals surface area contributed by atoms with Crippen LogP contribution in [-0.4, -0.2) is 9.55 Å². The molecule has 18 heavy (non-hydrogen) atoms. The second-order valence-electron chi connectivity index (χ2n) is 4.06. The van der Waals surface area contributed by atoms with Gasteiger partial charge in [0.2, 0.25) is 0 Å². The van der Waals surface area contributed by atoms with Crippen LogP contribution in [0.3, 0.4) is 0 Å². The third-order valence-electron chi connectivity index (χ3n) is 2.79. The first-order chi connectivity index (χ1) is 8.80. The lowest BCUT2D eigenvalue weighted by Gasteiger charge is -2.10. The van der Waals surface area contributed by atoms with Gasteiger partial charge in [0.1, 0.15) is 11.9 Å². The summed E-state index contributed by atoms with van der Waals surface area (Å²) >= 11 is 5.79. The number of halogens is 1. The predicted molar refractivity (Wildman–Crippen MR) is 71.8 cm³/mol. The van der Waals surface area contributed by atoms with Crippen molar-refractivity contribution in [2.24, 2.45) is 0 Å². The predicted octanol–water partition coefficient (Wildman–Crippen LogP) is 3.44. The Morgan fingerprint density at radius 2 is 2.28 bits per heavy atom. The SMILES string of the molecule is CCCc1nccn1-c1ccc(CCl)cc1C#N. The van der Waals surface area contributed by atoms with Gasteiger partial charge in [-0.25, -0.2) is 4.98 Å². The minimum absolute atomic E-state index is 0.417. The number of nitrogens with zero attached hydrogens (tertiary/aromatic N) is 3. The molecule has 2 rings (SSSR count). The van der Waals surface area contributed by atoms with Crippen LogP contribution in [0.15, 0.2) is 30.6 Å². The monoisotopic (exact) mass is 259 g/mol. The summed E-state index contributed by atoms with van der Waals surface area (Å²) in [6, 6.07) is 7.92. The third kappa shape index (κ3) is 2.39. The Morgan fingerprint density at radius 1 is 1.44 bits per heavy atom. The van der Waals surface area contributed by atoms with Crippen LogP contribution in [0.5, 0.6) is 0 Å². The van der Waals surface area contributed by atoms with Gasteiger partial charge in [0.05, 0.1) is 11.3 Å². The van der Waals surface area contributed by atoms with Crippen LogP contribution >= 0.6 is 11.6 Å². The van der Waals surface area contributed by atoms with Crippen LogP contribution in [-0.2, 0) is 12.3 Å². The Balaban J connectivity index is 2.50. The lowest BCUT2D eigenvalue weighted by atomic mass is 10.1. The van der Waals surface area contributed by atoms with Gasteiger partial charge in [0.15, 0.2) is 0 Å². The number of aromatic nitrogens is 2. The topological polar surface area (TPSA) is 41.6 Å². The van der Waals surface area contributed by atoms with Crippen LogP contribution < -0.4 is 0 Å². The molecule has 0 aliphatic heterocycles. The van der Waals surface area contributed by atoms with E-state index in [4.69, 9.17) is 11.6 Å². The molecule has 0 saturated heterocycles. The molecule has 0 unspecified atom stereocenters. The van der Waals surface area contributed by atoms with E-state index in [1.165, 1.54) is 0 Å². The fourth-order valence-electron chi connectivity index (χ4n) is 1.93. The zero-order valence-corrected chi connectivity index (χ0v) is 11.0. The maximum Gasteiger partial charge on any atom is 0.113 e. The summed E-state index contributed by atoms with van der Waals surface area (Å²) in [6.07, 6.45) is 5.58. The number of alkyl halides is 1. The van der Waals surface area contributed by atoms with Crippen molar-refractivity contribution in [2.75, 3.05) is 0 Å². The van der Waals surface area contributed by atoms with Gasteiger partial charge in [-0.15, -0.1) is 11.6 Å². The van der Waals surface area contributed by atoms with Gasteiger partial charge >= 0.3 is 0 Å². The Kier molecular flexibility index (Phi) is 4.01. The number of rotatable bonds is 4. The second kappa shape index (κ2) is 5.70. The van der Waals surface area contributed by atoms with Crippen LogP contribution in [0, 0.1) is 11.3 Å². The van der Waals surface area contributed by atoms with Gasteiger partial charge < -0.3 is 4.57 Å². The van der Waals surface area contributed by atoms with Crippen molar-refractivity contribution in [3.63, 3.8) is 0 Å². The van der Waals surface area contributed by atoms with E-state index >= 15 is 0 Å². The maximum atomic E-state index is 9.23. The summed E-state index contributed by atoms with van der Waals surface area (Å²) in [5.74, 6) is 1.40. The number of imidazole rings is 1. The zero-order valence-electron chi connectivity index (χ0n) is 10.2. The van der Waals surface area contributed by atoms with Crippen molar-refractivity contribution in [2.45, 2.75) is 25.6 Å². The molecule has 0 N–H and O–H groups in total. The fraction of sp³-hybridized carbons (Fsp3) is 0.286. The van der Waals surface area contributed by atoms with E-state index in [9.17, 15) is 5.26 Å². The molecule has 0 aliphatic rings. The van der Waals surface area contributed by atoms with Crippen LogP contribution in [0.2, 0.25) is 0 Å². The summed E-state index contributed by atoms with van der Waals surface area (Å²) in [4.78, 5) is 4.33. The molecule has 92 valence electrons. The van der Waals surface area contributed by atoms with Gasteiger partial charge in [0, 0.05) is 24.7 Å². The van der Waals surface area contributed by atoms with Crippen LogP contribution in [0.1, 0.15) is 30.3 Å². The van der Waals surface area contributed by atoms with Gasteiger partial charge in [-0.05, 0) is 24.1 Å². The zero-order chi connectivity index (χ0) is 13.0. The number of hydrogen-bond donors (Lipinski definition) is 0.